The van der Waals surface area contributed by atoms with Crippen LogP contribution in [0.15, 0.2) is 48.5 Å². The molecule has 0 heterocycles. The van der Waals surface area contributed by atoms with Crippen LogP contribution in [0.25, 0.3) is 0 Å². The number of aryl methyl sites for hydroxylation is 1. The van der Waals surface area contributed by atoms with Gasteiger partial charge in [0.05, 0.1) is 11.9 Å². The van der Waals surface area contributed by atoms with Gasteiger partial charge < -0.3 is 10.2 Å². The van der Waals surface area contributed by atoms with Crippen LogP contribution in [-0.2, 0) is 26.2 Å². The smallest absolute Gasteiger partial charge is 0.243 e. The van der Waals surface area contributed by atoms with Gasteiger partial charge in [0.15, 0.2) is 0 Å². The lowest BCUT2D eigenvalue weighted by Gasteiger charge is -2.33. The van der Waals surface area contributed by atoms with Crippen molar-refractivity contribution in [1.29, 1.82) is 0 Å². The SMILES string of the molecule is CCC(C(=O)NC(C)(C)C)N(Cc1ccc(F)cc1)C(=O)CCCN(c1ccc(C)cc1)S(C)(=O)=O. The van der Waals surface area contributed by atoms with E-state index in [-0.39, 0.29) is 43.6 Å². The van der Waals surface area contributed by atoms with Crippen molar-refractivity contribution < 1.29 is 22.4 Å². The third-order valence-electron chi connectivity index (χ3n) is 5.62. The second-order valence-electron chi connectivity index (χ2n) is 10.1. The number of benzene rings is 2. The van der Waals surface area contributed by atoms with Gasteiger partial charge in [0, 0.05) is 25.0 Å². The Hall–Kier alpha value is -2.94. The third kappa shape index (κ3) is 8.93. The first-order chi connectivity index (χ1) is 16.7. The maximum absolute atomic E-state index is 13.4. The predicted molar refractivity (Wildman–Crippen MR) is 142 cm³/mol. The molecule has 0 aliphatic carbocycles. The fourth-order valence-electron chi connectivity index (χ4n) is 3.87. The van der Waals surface area contributed by atoms with Crippen molar-refractivity contribution in [3.05, 3.63) is 65.5 Å². The van der Waals surface area contributed by atoms with E-state index >= 15 is 0 Å². The molecule has 2 amide bonds. The molecule has 0 saturated carbocycles. The van der Waals surface area contributed by atoms with E-state index in [1.807, 2.05) is 46.8 Å². The molecule has 1 N–H and O–H groups in total. The fraction of sp³-hybridized carbons (Fsp3) is 0.481. The normalized spacial score (nSPS) is 12.6. The maximum Gasteiger partial charge on any atom is 0.243 e. The minimum Gasteiger partial charge on any atom is -0.350 e. The van der Waals surface area contributed by atoms with E-state index in [9.17, 15) is 22.4 Å². The summed E-state index contributed by atoms with van der Waals surface area (Å²) >= 11 is 0. The maximum atomic E-state index is 13.4. The van der Waals surface area contributed by atoms with Crippen molar-refractivity contribution in [2.45, 2.75) is 72.0 Å². The molecule has 36 heavy (non-hydrogen) atoms. The van der Waals surface area contributed by atoms with Crippen LogP contribution in [-0.4, -0.2) is 49.5 Å². The standard InChI is InChI=1S/C27H38FN3O4S/c1-7-24(26(33)29-27(3,4)5)30(19-21-12-14-22(28)15-13-21)25(32)9-8-18-31(36(6,34)35)23-16-10-20(2)11-17-23/h10-17,24H,7-9,18-19H2,1-6H3,(H,29,33). The average molecular weight is 520 g/mol. The van der Waals surface area contributed by atoms with E-state index in [2.05, 4.69) is 5.32 Å². The minimum absolute atomic E-state index is 0.0539. The van der Waals surface area contributed by atoms with Gasteiger partial charge in [0.1, 0.15) is 11.9 Å². The summed E-state index contributed by atoms with van der Waals surface area (Å²) in [6, 6.07) is 12.3. The molecular formula is C27H38FN3O4S. The van der Waals surface area contributed by atoms with Crippen LogP contribution in [0.3, 0.4) is 0 Å². The van der Waals surface area contributed by atoms with Crippen molar-refractivity contribution in [3.63, 3.8) is 0 Å². The zero-order valence-corrected chi connectivity index (χ0v) is 22.9. The van der Waals surface area contributed by atoms with Gasteiger partial charge in [-0.15, -0.1) is 0 Å². The second kappa shape index (κ2) is 12.3. The van der Waals surface area contributed by atoms with Crippen LogP contribution in [0.4, 0.5) is 10.1 Å². The van der Waals surface area contributed by atoms with Gasteiger partial charge in [-0.3, -0.25) is 13.9 Å². The number of hydrogen-bond donors (Lipinski definition) is 1. The molecule has 0 saturated heterocycles. The molecule has 0 aliphatic rings. The lowest BCUT2D eigenvalue weighted by atomic mass is 10.0. The summed E-state index contributed by atoms with van der Waals surface area (Å²) in [4.78, 5) is 28.0. The Morgan fingerprint density at radius 3 is 2.11 bits per heavy atom. The summed E-state index contributed by atoms with van der Waals surface area (Å²) in [5, 5.41) is 2.94. The van der Waals surface area contributed by atoms with Crippen LogP contribution in [0.5, 0.6) is 0 Å². The summed E-state index contributed by atoms with van der Waals surface area (Å²) in [6.07, 6.45) is 1.86. The highest BCUT2D eigenvalue weighted by Crippen LogP contribution is 2.20. The number of halogens is 1. The number of hydrogen-bond acceptors (Lipinski definition) is 4. The first kappa shape index (κ1) is 29.3. The van der Waals surface area contributed by atoms with Crippen molar-refractivity contribution >= 4 is 27.5 Å². The first-order valence-electron chi connectivity index (χ1n) is 12.1. The Kier molecular flexibility index (Phi) is 10.0. The molecule has 2 aromatic rings. The number of carbonyl (C=O) groups is 2. The Labute approximate surface area is 214 Å². The zero-order valence-electron chi connectivity index (χ0n) is 22.0. The number of amides is 2. The Balaban J connectivity index is 2.22. The molecular weight excluding hydrogens is 481 g/mol. The van der Waals surface area contributed by atoms with Gasteiger partial charge in [-0.05, 0) is 70.4 Å². The van der Waals surface area contributed by atoms with Crippen molar-refractivity contribution in [2.24, 2.45) is 0 Å². The van der Waals surface area contributed by atoms with E-state index < -0.39 is 21.6 Å². The van der Waals surface area contributed by atoms with Crippen LogP contribution in [0.2, 0.25) is 0 Å². The Morgan fingerprint density at radius 2 is 1.61 bits per heavy atom. The van der Waals surface area contributed by atoms with Gasteiger partial charge in [-0.2, -0.15) is 0 Å². The molecule has 0 aliphatic heterocycles. The molecule has 0 aromatic heterocycles. The monoisotopic (exact) mass is 519 g/mol. The topological polar surface area (TPSA) is 86.8 Å². The van der Waals surface area contributed by atoms with Gasteiger partial charge in [0.25, 0.3) is 0 Å². The van der Waals surface area contributed by atoms with Gasteiger partial charge in [-0.1, -0.05) is 36.8 Å². The molecule has 1 atom stereocenters. The van der Waals surface area contributed by atoms with E-state index in [1.165, 1.54) is 21.3 Å². The lowest BCUT2D eigenvalue weighted by Crippen LogP contribution is -2.53. The molecule has 0 spiro atoms. The zero-order chi connectivity index (χ0) is 27.1. The molecule has 1 unspecified atom stereocenters. The molecule has 0 fully saturated rings. The van der Waals surface area contributed by atoms with E-state index in [0.717, 1.165) is 11.8 Å². The molecule has 0 radical (unpaired) electrons. The number of rotatable bonds is 11. The fourth-order valence-corrected chi connectivity index (χ4v) is 4.84. The van der Waals surface area contributed by atoms with Crippen LogP contribution in [0, 0.1) is 12.7 Å². The van der Waals surface area contributed by atoms with E-state index in [1.54, 1.807) is 24.3 Å². The highest BCUT2D eigenvalue weighted by molar-refractivity contribution is 7.92. The van der Waals surface area contributed by atoms with Gasteiger partial charge in [0.2, 0.25) is 21.8 Å². The summed E-state index contributed by atoms with van der Waals surface area (Å²) in [5.74, 6) is -0.920. The molecule has 0 bridgehead atoms. The highest BCUT2D eigenvalue weighted by atomic mass is 32.2. The minimum atomic E-state index is -3.55. The number of carbonyl (C=O) groups excluding carboxylic acids is 2. The average Bonchev–Trinajstić information content (AvgIpc) is 2.76. The number of anilines is 1. The van der Waals surface area contributed by atoms with E-state index in [0.29, 0.717) is 17.7 Å². The summed E-state index contributed by atoms with van der Waals surface area (Å²) in [7, 11) is -3.55. The third-order valence-corrected chi connectivity index (χ3v) is 6.82. The largest absolute Gasteiger partial charge is 0.350 e. The van der Waals surface area contributed by atoms with Crippen molar-refractivity contribution in [3.8, 4) is 0 Å². The molecule has 2 rings (SSSR count). The van der Waals surface area contributed by atoms with Crippen LogP contribution in [0.1, 0.15) is 58.1 Å². The number of nitrogens with one attached hydrogen (secondary N) is 1. The van der Waals surface area contributed by atoms with Gasteiger partial charge >= 0.3 is 0 Å². The van der Waals surface area contributed by atoms with Crippen molar-refractivity contribution in [2.75, 3.05) is 17.1 Å². The summed E-state index contributed by atoms with van der Waals surface area (Å²) in [6.45, 7) is 9.63. The molecule has 9 heteroatoms. The first-order valence-corrected chi connectivity index (χ1v) is 14.0. The Bertz CT molecular complexity index is 1130. The quantitative estimate of drug-likeness (QED) is 0.477. The molecule has 7 nitrogen and oxygen atoms in total. The number of sulfonamides is 1. The van der Waals surface area contributed by atoms with Crippen molar-refractivity contribution in [1.82, 2.24) is 10.2 Å². The predicted octanol–water partition coefficient (Wildman–Crippen LogP) is 4.40. The second-order valence-corrected chi connectivity index (χ2v) is 12.0. The molecule has 198 valence electrons. The lowest BCUT2D eigenvalue weighted by molar-refractivity contribution is -0.142. The number of nitrogens with zero attached hydrogens (tertiary/aromatic N) is 2. The summed E-state index contributed by atoms with van der Waals surface area (Å²) in [5.41, 5.74) is 1.77. The summed E-state index contributed by atoms with van der Waals surface area (Å²) < 4.78 is 39.5. The Morgan fingerprint density at radius 1 is 1.03 bits per heavy atom. The molecule has 2 aromatic carbocycles. The highest BCUT2D eigenvalue weighted by Gasteiger charge is 2.30. The van der Waals surface area contributed by atoms with Crippen LogP contribution < -0.4 is 9.62 Å². The van der Waals surface area contributed by atoms with Gasteiger partial charge in [-0.25, -0.2) is 12.8 Å². The van der Waals surface area contributed by atoms with Crippen LogP contribution >= 0.6 is 0 Å². The van der Waals surface area contributed by atoms with E-state index in [4.69, 9.17) is 0 Å².